The highest BCUT2D eigenvalue weighted by atomic mass is 16.4. The third-order valence-electron chi connectivity index (χ3n) is 7.44. The Morgan fingerprint density at radius 2 is 1.24 bits per heavy atom. The minimum atomic E-state index is -0.897. The first kappa shape index (κ1) is 23.1. The number of aromatic carboxylic acids is 1. The molecule has 4 rings (SSSR count). The van der Waals surface area contributed by atoms with Crippen LogP contribution in [0.5, 0.6) is 0 Å². The number of nitrogens with zero attached hydrogens (tertiary/aromatic N) is 1. The van der Waals surface area contributed by atoms with Gasteiger partial charge in [0.2, 0.25) is 0 Å². The predicted molar refractivity (Wildman–Crippen MR) is 137 cm³/mol. The van der Waals surface area contributed by atoms with Crippen molar-refractivity contribution in [2.75, 3.05) is 19.0 Å². The SMILES string of the molecule is CN(C)c1ccc(C(c2ccc(C(=O)O)cc2)c2ccc3c(c2)C(C)(C)CCC3(C)C)cc1. The lowest BCUT2D eigenvalue weighted by Gasteiger charge is -2.42. The Morgan fingerprint density at radius 1 is 0.758 bits per heavy atom. The highest BCUT2D eigenvalue weighted by Crippen LogP contribution is 2.47. The first-order chi connectivity index (χ1) is 15.5. The molecule has 33 heavy (non-hydrogen) atoms. The number of carbonyl (C=O) groups is 1. The molecule has 0 aromatic heterocycles. The molecule has 3 heteroatoms. The number of anilines is 1. The van der Waals surface area contributed by atoms with E-state index in [4.69, 9.17) is 0 Å². The predicted octanol–water partition coefficient (Wildman–Crippen LogP) is 6.98. The van der Waals surface area contributed by atoms with Crippen LogP contribution in [0.2, 0.25) is 0 Å². The highest BCUT2D eigenvalue weighted by Gasteiger charge is 2.37. The lowest BCUT2D eigenvalue weighted by Crippen LogP contribution is -2.34. The lowest BCUT2D eigenvalue weighted by molar-refractivity contribution is 0.0697. The van der Waals surface area contributed by atoms with Gasteiger partial charge in [-0.15, -0.1) is 0 Å². The first-order valence-corrected chi connectivity index (χ1v) is 11.7. The van der Waals surface area contributed by atoms with E-state index in [-0.39, 0.29) is 16.7 Å². The van der Waals surface area contributed by atoms with Crippen molar-refractivity contribution in [3.05, 3.63) is 100 Å². The van der Waals surface area contributed by atoms with Gasteiger partial charge < -0.3 is 10.0 Å². The second-order valence-electron chi connectivity index (χ2n) is 10.9. The van der Waals surface area contributed by atoms with Gasteiger partial charge in [-0.05, 0) is 75.8 Å². The van der Waals surface area contributed by atoms with Gasteiger partial charge in [-0.2, -0.15) is 0 Å². The molecule has 1 aliphatic carbocycles. The minimum absolute atomic E-state index is 0.0372. The zero-order valence-corrected chi connectivity index (χ0v) is 20.6. The van der Waals surface area contributed by atoms with Crippen LogP contribution in [0.15, 0.2) is 66.7 Å². The normalized spacial score (nSPS) is 17.2. The molecule has 0 radical (unpaired) electrons. The van der Waals surface area contributed by atoms with E-state index in [1.807, 2.05) is 26.2 Å². The van der Waals surface area contributed by atoms with Crippen molar-refractivity contribution in [3.63, 3.8) is 0 Å². The van der Waals surface area contributed by atoms with Crippen LogP contribution in [0.3, 0.4) is 0 Å². The topological polar surface area (TPSA) is 40.5 Å². The Hall–Kier alpha value is -3.07. The smallest absolute Gasteiger partial charge is 0.335 e. The number of rotatable bonds is 5. The van der Waals surface area contributed by atoms with Crippen LogP contribution in [0.1, 0.15) is 84.6 Å². The molecule has 1 atom stereocenters. The van der Waals surface area contributed by atoms with Gasteiger partial charge >= 0.3 is 5.97 Å². The molecule has 172 valence electrons. The molecule has 1 unspecified atom stereocenters. The molecule has 0 aliphatic heterocycles. The summed E-state index contributed by atoms with van der Waals surface area (Å²) in [5.41, 5.74) is 8.23. The maximum absolute atomic E-state index is 11.4. The van der Waals surface area contributed by atoms with Crippen LogP contribution < -0.4 is 4.90 Å². The van der Waals surface area contributed by atoms with Gasteiger partial charge in [0.1, 0.15) is 0 Å². The maximum atomic E-state index is 11.4. The summed E-state index contributed by atoms with van der Waals surface area (Å²) in [7, 11) is 4.09. The van der Waals surface area contributed by atoms with Crippen molar-refractivity contribution in [2.24, 2.45) is 0 Å². The van der Waals surface area contributed by atoms with Crippen molar-refractivity contribution in [1.82, 2.24) is 0 Å². The van der Waals surface area contributed by atoms with Gasteiger partial charge in [-0.3, -0.25) is 0 Å². The van der Waals surface area contributed by atoms with Crippen LogP contribution in [-0.2, 0) is 10.8 Å². The number of carboxylic acid groups (broad SMARTS) is 1. The third-order valence-corrected chi connectivity index (χ3v) is 7.44. The van der Waals surface area contributed by atoms with Crippen molar-refractivity contribution >= 4 is 11.7 Å². The number of hydrogen-bond acceptors (Lipinski definition) is 2. The lowest BCUT2D eigenvalue weighted by atomic mass is 9.62. The van der Waals surface area contributed by atoms with Crippen LogP contribution in [0.4, 0.5) is 5.69 Å². The fourth-order valence-electron chi connectivity index (χ4n) is 5.15. The molecule has 0 fully saturated rings. The fourth-order valence-corrected chi connectivity index (χ4v) is 5.15. The second-order valence-corrected chi connectivity index (χ2v) is 10.9. The van der Waals surface area contributed by atoms with E-state index >= 15 is 0 Å². The minimum Gasteiger partial charge on any atom is -0.478 e. The van der Waals surface area contributed by atoms with Crippen LogP contribution in [0, 0.1) is 0 Å². The summed E-state index contributed by atoms with van der Waals surface area (Å²) < 4.78 is 0. The summed E-state index contributed by atoms with van der Waals surface area (Å²) in [5, 5.41) is 9.37. The third kappa shape index (κ3) is 4.42. The molecular formula is C30H35NO2. The Labute approximate surface area is 198 Å². The number of fused-ring (bicyclic) bond motifs is 1. The van der Waals surface area contributed by atoms with Gasteiger partial charge in [0.25, 0.3) is 0 Å². The van der Waals surface area contributed by atoms with E-state index in [1.165, 1.54) is 35.1 Å². The van der Waals surface area contributed by atoms with E-state index in [0.29, 0.717) is 5.56 Å². The van der Waals surface area contributed by atoms with Gasteiger partial charge in [-0.1, -0.05) is 70.2 Å². The molecule has 1 aliphatic rings. The van der Waals surface area contributed by atoms with Crippen LogP contribution in [0.25, 0.3) is 0 Å². The average Bonchev–Trinajstić information content (AvgIpc) is 2.78. The number of hydrogen-bond donors (Lipinski definition) is 1. The summed E-state index contributed by atoms with van der Waals surface area (Å²) >= 11 is 0. The van der Waals surface area contributed by atoms with E-state index < -0.39 is 5.97 Å². The summed E-state index contributed by atoms with van der Waals surface area (Å²) in [6, 6.07) is 23.1. The van der Waals surface area contributed by atoms with Crippen molar-refractivity contribution in [3.8, 4) is 0 Å². The van der Waals surface area contributed by atoms with E-state index in [0.717, 1.165) is 11.3 Å². The van der Waals surface area contributed by atoms with Gasteiger partial charge in [0.15, 0.2) is 0 Å². The quantitative estimate of drug-likeness (QED) is 0.434. The van der Waals surface area contributed by atoms with E-state index in [1.54, 1.807) is 12.1 Å². The second kappa shape index (κ2) is 8.37. The Balaban J connectivity index is 1.87. The van der Waals surface area contributed by atoms with Gasteiger partial charge in [0.05, 0.1) is 5.56 Å². The largest absolute Gasteiger partial charge is 0.478 e. The van der Waals surface area contributed by atoms with Gasteiger partial charge in [-0.25, -0.2) is 4.79 Å². The zero-order chi connectivity index (χ0) is 24.0. The molecule has 0 saturated carbocycles. The molecule has 3 nitrogen and oxygen atoms in total. The fraction of sp³-hybridized carbons (Fsp3) is 0.367. The molecule has 0 bridgehead atoms. The van der Waals surface area contributed by atoms with Gasteiger partial charge in [0, 0.05) is 25.7 Å². The summed E-state index contributed by atoms with van der Waals surface area (Å²) in [4.78, 5) is 13.5. The molecule has 0 heterocycles. The molecular weight excluding hydrogens is 406 g/mol. The van der Waals surface area contributed by atoms with Crippen molar-refractivity contribution < 1.29 is 9.90 Å². The average molecular weight is 442 g/mol. The first-order valence-electron chi connectivity index (χ1n) is 11.7. The van der Waals surface area contributed by atoms with Crippen molar-refractivity contribution in [2.45, 2.75) is 57.3 Å². The number of benzene rings is 3. The molecule has 0 saturated heterocycles. The summed E-state index contributed by atoms with van der Waals surface area (Å²) in [6.07, 6.45) is 2.37. The van der Waals surface area contributed by atoms with Crippen molar-refractivity contribution in [1.29, 1.82) is 0 Å². The molecule has 3 aromatic carbocycles. The summed E-state index contributed by atoms with van der Waals surface area (Å²) in [6.45, 7) is 9.41. The Kier molecular flexibility index (Phi) is 5.86. The van der Waals surface area contributed by atoms with E-state index in [2.05, 4.69) is 75.1 Å². The Bertz CT molecular complexity index is 1150. The monoisotopic (exact) mass is 441 g/mol. The Morgan fingerprint density at radius 3 is 1.76 bits per heavy atom. The molecule has 0 spiro atoms. The summed E-state index contributed by atoms with van der Waals surface area (Å²) in [5.74, 6) is -0.860. The number of carboxylic acids is 1. The van der Waals surface area contributed by atoms with Crippen LogP contribution >= 0.6 is 0 Å². The zero-order valence-electron chi connectivity index (χ0n) is 20.6. The highest BCUT2D eigenvalue weighted by molar-refractivity contribution is 5.87. The molecule has 0 amide bonds. The van der Waals surface area contributed by atoms with Crippen LogP contribution in [-0.4, -0.2) is 25.2 Å². The molecule has 3 aromatic rings. The van der Waals surface area contributed by atoms with E-state index in [9.17, 15) is 9.90 Å². The standard InChI is InChI=1S/C30H35NO2/c1-29(2)17-18-30(3,4)26-19-23(13-16-25(26)29)27(20-7-9-22(10-8-20)28(32)33)21-11-14-24(15-12-21)31(5)6/h7-16,19,27H,17-18H2,1-6H3,(H,32,33). The maximum Gasteiger partial charge on any atom is 0.335 e. The molecule has 1 N–H and O–H groups in total.